The fraction of sp³-hybridized carbons (Fsp3) is 0.538. The van der Waals surface area contributed by atoms with Gasteiger partial charge in [-0.2, -0.15) is 0 Å². The van der Waals surface area contributed by atoms with Crippen LogP contribution in [0.15, 0.2) is 18.2 Å². The molecule has 0 saturated heterocycles. The number of hydrogen-bond acceptors (Lipinski definition) is 3. The summed E-state index contributed by atoms with van der Waals surface area (Å²) in [6, 6.07) is 5.77. The van der Waals surface area contributed by atoms with Crippen molar-refractivity contribution in [3.05, 3.63) is 23.8 Å². The van der Waals surface area contributed by atoms with Crippen molar-refractivity contribution in [1.29, 1.82) is 0 Å². The van der Waals surface area contributed by atoms with Crippen LogP contribution in [0.4, 0.5) is 5.69 Å². The maximum Gasteiger partial charge on any atom is 0.119 e. The van der Waals surface area contributed by atoms with Crippen LogP contribution in [0.25, 0.3) is 0 Å². The smallest absolute Gasteiger partial charge is 0.119 e. The van der Waals surface area contributed by atoms with E-state index < -0.39 is 0 Å². The molecular formula is C13H22N2O. The first-order chi connectivity index (χ1) is 7.33. The van der Waals surface area contributed by atoms with E-state index in [-0.39, 0.29) is 5.54 Å². The Morgan fingerprint density at radius 2 is 1.94 bits per heavy atom. The minimum atomic E-state index is 0.0231. The van der Waals surface area contributed by atoms with Crippen LogP contribution in [-0.2, 0) is 0 Å². The molecule has 0 aliphatic carbocycles. The highest BCUT2D eigenvalue weighted by molar-refractivity contribution is 5.49. The van der Waals surface area contributed by atoms with Crippen molar-refractivity contribution >= 4 is 5.69 Å². The van der Waals surface area contributed by atoms with Crippen LogP contribution in [0, 0.1) is 6.92 Å². The fourth-order valence-corrected chi connectivity index (χ4v) is 1.13. The Balaban J connectivity index is 2.65. The fourth-order valence-electron chi connectivity index (χ4n) is 1.13. The monoisotopic (exact) mass is 222 g/mol. The van der Waals surface area contributed by atoms with Crippen LogP contribution in [0.1, 0.15) is 19.4 Å². The van der Waals surface area contributed by atoms with Gasteiger partial charge in [-0.15, -0.1) is 0 Å². The molecule has 0 spiro atoms. The molecule has 1 rings (SSSR count). The van der Waals surface area contributed by atoms with Gasteiger partial charge in [0.2, 0.25) is 0 Å². The van der Waals surface area contributed by atoms with Crippen LogP contribution in [0.5, 0.6) is 5.75 Å². The predicted octanol–water partition coefficient (Wildman–Crippen LogP) is 2.30. The lowest BCUT2D eigenvalue weighted by Crippen LogP contribution is -2.43. The second-order valence-corrected chi connectivity index (χ2v) is 5.01. The van der Waals surface area contributed by atoms with Crippen molar-refractivity contribution in [3.8, 4) is 5.75 Å². The zero-order valence-corrected chi connectivity index (χ0v) is 10.9. The van der Waals surface area contributed by atoms with Gasteiger partial charge in [-0.05, 0) is 58.6 Å². The first-order valence-electron chi connectivity index (χ1n) is 5.49. The topological polar surface area (TPSA) is 38.5 Å². The van der Waals surface area contributed by atoms with E-state index in [1.54, 1.807) is 0 Å². The number of aryl methyl sites for hydroxylation is 1. The van der Waals surface area contributed by atoms with Crippen molar-refractivity contribution < 1.29 is 4.74 Å². The highest BCUT2D eigenvalue weighted by atomic mass is 16.5. The molecule has 0 radical (unpaired) electrons. The zero-order valence-electron chi connectivity index (χ0n) is 10.9. The number of hydrogen-bond donors (Lipinski definition) is 1. The number of ether oxygens (including phenoxy) is 1. The zero-order chi connectivity index (χ0) is 12.3. The Hall–Kier alpha value is -1.22. The molecule has 90 valence electrons. The second-order valence-electron chi connectivity index (χ2n) is 5.01. The average molecular weight is 222 g/mol. The number of nitrogens with two attached hydrogens (primary N) is 1. The number of benzene rings is 1. The molecule has 1 aromatic rings. The lowest BCUT2D eigenvalue weighted by Gasteiger charge is -2.32. The molecule has 0 unspecified atom stereocenters. The van der Waals surface area contributed by atoms with E-state index in [4.69, 9.17) is 10.5 Å². The standard InChI is InChI=1S/C13H22N2O/c1-10-8-11(6-7-12(10)14)16-9-13(2,3)15(4)5/h6-8H,9,14H2,1-5H3. The molecule has 0 aromatic heterocycles. The third-order valence-corrected chi connectivity index (χ3v) is 3.04. The molecule has 2 N–H and O–H groups in total. The largest absolute Gasteiger partial charge is 0.492 e. The highest BCUT2D eigenvalue weighted by Crippen LogP contribution is 2.20. The normalized spacial score (nSPS) is 11.9. The van der Waals surface area contributed by atoms with Crippen LogP contribution in [0.3, 0.4) is 0 Å². The number of rotatable bonds is 4. The molecule has 0 saturated carbocycles. The van der Waals surface area contributed by atoms with Crippen LogP contribution in [0.2, 0.25) is 0 Å². The van der Waals surface area contributed by atoms with E-state index >= 15 is 0 Å². The van der Waals surface area contributed by atoms with Crippen LogP contribution >= 0.6 is 0 Å². The van der Waals surface area contributed by atoms with Gasteiger partial charge in [0.25, 0.3) is 0 Å². The molecule has 16 heavy (non-hydrogen) atoms. The summed E-state index contributed by atoms with van der Waals surface area (Å²) >= 11 is 0. The van der Waals surface area contributed by atoms with Gasteiger partial charge in [-0.3, -0.25) is 0 Å². The highest BCUT2D eigenvalue weighted by Gasteiger charge is 2.21. The lowest BCUT2D eigenvalue weighted by molar-refractivity contribution is 0.114. The van der Waals surface area contributed by atoms with Gasteiger partial charge in [0, 0.05) is 11.2 Å². The number of nitrogens with zero attached hydrogens (tertiary/aromatic N) is 1. The Labute approximate surface area is 98.2 Å². The number of anilines is 1. The van der Waals surface area contributed by atoms with E-state index in [9.17, 15) is 0 Å². The Morgan fingerprint density at radius 1 is 1.31 bits per heavy atom. The first-order valence-corrected chi connectivity index (χ1v) is 5.49. The molecule has 0 fully saturated rings. The molecule has 0 atom stereocenters. The summed E-state index contributed by atoms with van der Waals surface area (Å²) < 4.78 is 5.77. The van der Waals surface area contributed by atoms with Crippen molar-refractivity contribution in [2.75, 3.05) is 26.4 Å². The van der Waals surface area contributed by atoms with Crippen LogP contribution < -0.4 is 10.5 Å². The summed E-state index contributed by atoms with van der Waals surface area (Å²) in [7, 11) is 4.11. The SMILES string of the molecule is Cc1cc(OCC(C)(C)N(C)C)ccc1N. The molecular weight excluding hydrogens is 200 g/mol. The predicted molar refractivity (Wildman–Crippen MR) is 68.9 cm³/mol. The maximum absolute atomic E-state index is 5.77. The summed E-state index contributed by atoms with van der Waals surface area (Å²) in [4.78, 5) is 2.15. The second kappa shape index (κ2) is 4.74. The van der Waals surface area contributed by atoms with E-state index in [2.05, 4.69) is 32.8 Å². The van der Waals surface area contributed by atoms with Crippen LogP contribution in [-0.4, -0.2) is 31.1 Å². The average Bonchev–Trinajstić information content (AvgIpc) is 2.20. The van der Waals surface area contributed by atoms with Crippen molar-refractivity contribution in [3.63, 3.8) is 0 Å². The summed E-state index contributed by atoms with van der Waals surface area (Å²) in [5.74, 6) is 0.877. The van der Waals surface area contributed by atoms with Gasteiger partial charge in [0.1, 0.15) is 12.4 Å². The maximum atomic E-state index is 5.77. The van der Waals surface area contributed by atoms with Gasteiger partial charge in [-0.1, -0.05) is 0 Å². The third-order valence-electron chi connectivity index (χ3n) is 3.04. The van der Waals surface area contributed by atoms with Crippen molar-refractivity contribution in [2.45, 2.75) is 26.3 Å². The van der Waals surface area contributed by atoms with Gasteiger partial charge >= 0.3 is 0 Å². The minimum Gasteiger partial charge on any atom is -0.492 e. The van der Waals surface area contributed by atoms with E-state index in [0.29, 0.717) is 6.61 Å². The Kier molecular flexibility index (Phi) is 3.81. The van der Waals surface area contributed by atoms with E-state index in [1.165, 1.54) is 0 Å². The summed E-state index contributed by atoms with van der Waals surface area (Å²) in [5.41, 5.74) is 7.64. The molecule has 0 aliphatic heterocycles. The molecule has 3 nitrogen and oxygen atoms in total. The minimum absolute atomic E-state index is 0.0231. The van der Waals surface area contributed by atoms with Crippen molar-refractivity contribution in [2.24, 2.45) is 0 Å². The van der Waals surface area contributed by atoms with Crippen molar-refractivity contribution in [1.82, 2.24) is 4.90 Å². The molecule has 3 heteroatoms. The molecule has 0 amide bonds. The molecule has 0 heterocycles. The Morgan fingerprint density at radius 3 is 2.44 bits per heavy atom. The third kappa shape index (κ3) is 3.14. The van der Waals surface area contributed by atoms with Gasteiger partial charge in [-0.25, -0.2) is 0 Å². The quantitative estimate of drug-likeness (QED) is 0.794. The Bertz CT molecular complexity index is 359. The van der Waals surface area contributed by atoms with E-state index in [1.807, 2.05) is 25.1 Å². The number of nitrogen functional groups attached to an aromatic ring is 1. The molecule has 0 aliphatic rings. The van der Waals surface area contributed by atoms with Gasteiger partial charge in [0.15, 0.2) is 0 Å². The molecule has 0 bridgehead atoms. The summed E-state index contributed by atoms with van der Waals surface area (Å²) in [6.07, 6.45) is 0. The number of likely N-dealkylation sites (N-methyl/N-ethyl adjacent to an activating group) is 1. The first kappa shape index (κ1) is 12.8. The van der Waals surface area contributed by atoms with Gasteiger partial charge < -0.3 is 15.4 Å². The lowest BCUT2D eigenvalue weighted by atomic mass is 10.1. The summed E-state index contributed by atoms with van der Waals surface area (Å²) in [6.45, 7) is 6.94. The molecule has 1 aromatic carbocycles. The summed E-state index contributed by atoms with van der Waals surface area (Å²) in [5, 5.41) is 0. The van der Waals surface area contributed by atoms with E-state index in [0.717, 1.165) is 17.0 Å². The van der Waals surface area contributed by atoms with Gasteiger partial charge in [0.05, 0.1) is 0 Å².